The lowest BCUT2D eigenvalue weighted by atomic mass is 9.83. The molecule has 3 heterocycles. The molecule has 1 aromatic carbocycles. The lowest BCUT2D eigenvalue weighted by molar-refractivity contribution is 0.0526. The van der Waals surface area contributed by atoms with E-state index in [1.165, 1.54) is 0 Å². The number of esters is 1. The first kappa shape index (κ1) is 19.9. The first-order valence-corrected chi connectivity index (χ1v) is 10.5. The van der Waals surface area contributed by atoms with Crippen LogP contribution in [0.1, 0.15) is 35.3 Å². The largest absolute Gasteiger partial charge is 0.462 e. The third-order valence-electron chi connectivity index (χ3n) is 5.48. The van der Waals surface area contributed by atoms with Crippen molar-refractivity contribution >= 4 is 40.6 Å². The van der Waals surface area contributed by atoms with E-state index >= 15 is 0 Å². The minimum absolute atomic E-state index is 0.0685. The summed E-state index contributed by atoms with van der Waals surface area (Å²) in [5, 5.41) is 4.17. The van der Waals surface area contributed by atoms with Gasteiger partial charge in [-0.15, -0.1) is 0 Å². The van der Waals surface area contributed by atoms with E-state index in [9.17, 15) is 9.59 Å². The van der Waals surface area contributed by atoms with E-state index < -0.39 is 5.97 Å². The number of aromatic nitrogens is 1. The van der Waals surface area contributed by atoms with Gasteiger partial charge in [0.2, 0.25) is 0 Å². The third kappa shape index (κ3) is 4.02. The highest BCUT2D eigenvalue weighted by molar-refractivity contribution is 7.80. The standard InChI is InChI=1S/C21H22ClN3O3S/c1-2-28-20(27)16-9-15(6-7-17(16)22)23-21(29)24-10-13-8-14(12-24)18-4-3-5-19(26)25(18)11-13/h3-7,9,13-14H,2,8,10-12H2,1H3,(H,23,29)/t13-,14-/m0/s1. The Kier molecular flexibility index (Phi) is 5.61. The fourth-order valence-electron chi connectivity index (χ4n) is 4.23. The number of halogens is 1. The van der Waals surface area contributed by atoms with Gasteiger partial charge >= 0.3 is 5.97 Å². The van der Waals surface area contributed by atoms with E-state index in [-0.39, 0.29) is 18.1 Å². The number of benzene rings is 1. The fraction of sp³-hybridized carbons (Fsp3) is 0.381. The highest BCUT2D eigenvalue weighted by atomic mass is 35.5. The highest BCUT2D eigenvalue weighted by Crippen LogP contribution is 2.35. The summed E-state index contributed by atoms with van der Waals surface area (Å²) in [5.74, 6) is 0.194. The number of fused-ring (bicyclic) bond motifs is 4. The molecule has 2 atom stereocenters. The van der Waals surface area contributed by atoms with Crippen LogP contribution in [0.25, 0.3) is 0 Å². The molecule has 1 fully saturated rings. The summed E-state index contributed by atoms with van der Waals surface area (Å²) < 4.78 is 6.96. The van der Waals surface area contributed by atoms with Gasteiger partial charge in [0.25, 0.3) is 5.56 Å². The summed E-state index contributed by atoms with van der Waals surface area (Å²) >= 11 is 11.8. The quantitative estimate of drug-likeness (QED) is 0.592. The molecule has 6 nitrogen and oxygen atoms in total. The first-order valence-electron chi connectivity index (χ1n) is 9.68. The molecule has 0 amide bonds. The van der Waals surface area contributed by atoms with Crippen LogP contribution >= 0.6 is 23.8 Å². The Morgan fingerprint density at radius 3 is 2.90 bits per heavy atom. The molecule has 1 aromatic heterocycles. The monoisotopic (exact) mass is 431 g/mol. The number of piperidine rings is 1. The summed E-state index contributed by atoms with van der Waals surface area (Å²) in [7, 11) is 0. The van der Waals surface area contributed by atoms with Crippen molar-refractivity contribution in [1.29, 1.82) is 0 Å². The van der Waals surface area contributed by atoms with Crippen molar-refractivity contribution in [2.75, 3.05) is 25.0 Å². The van der Waals surface area contributed by atoms with Gasteiger partial charge < -0.3 is 19.5 Å². The number of carbonyl (C=O) groups excluding carboxylic acids is 1. The van der Waals surface area contributed by atoms with Crippen molar-refractivity contribution in [2.24, 2.45) is 5.92 Å². The SMILES string of the molecule is CCOC(=O)c1cc(NC(=S)N2C[C@@H]3C[C@@H](C2)c2cccc(=O)n2C3)ccc1Cl. The topological polar surface area (TPSA) is 63.6 Å². The van der Waals surface area contributed by atoms with Gasteiger partial charge in [-0.3, -0.25) is 4.79 Å². The number of rotatable bonds is 3. The maximum Gasteiger partial charge on any atom is 0.339 e. The number of anilines is 1. The molecule has 0 aliphatic carbocycles. The zero-order chi connectivity index (χ0) is 20.5. The molecule has 0 spiro atoms. The summed E-state index contributed by atoms with van der Waals surface area (Å²) in [6.45, 7) is 4.30. The number of ether oxygens (including phenoxy) is 1. The van der Waals surface area contributed by atoms with Gasteiger partial charge in [0.15, 0.2) is 5.11 Å². The van der Waals surface area contributed by atoms with E-state index in [4.69, 9.17) is 28.6 Å². The van der Waals surface area contributed by atoms with E-state index in [0.717, 1.165) is 31.7 Å². The third-order valence-corrected chi connectivity index (χ3v) is 6.17. The van der Waals surface area contributed by atoms with Crippen LogP contribution in [0.15, 0.2) is 41.2 Å². The maximum atomic E-state index is 12.2. The Labute approximate surface area is 179 Å². The van der Waals surface area contributed by atoms with Crippen LogP contribution in [0.3, 0.4) is 0 Å². The van der Waals surface area contributed by atoms with Crippen molar-refractivity contribution in [1.82, 2.24) is 9.47 Å². The second kappa shape index (κ2) is 8.16. The number of thiocarbonyl (C=S) groups is 1. The van der Waals surface area contributed by atoms with Crippen LogP contribution in [0.5, 0.6) is 0 Å². The molecule has 0 saturated carbocycles. The maximum absolute atomic E-state index is 12.2. The Hall–Kier alpha value is -2.38. The van der Waals surface area contributed by atoms with Gasteiger partial charge in [0, 0.05) is 43.0 Å². The molecule has 2 aromatic rings. The Morgan fingerprint density at radius 2 is 2.10 bits per heavy atom. The smallest absolute Gasteiger partial charge is 0.339 e. The van der Waals surface area contributed by atoms with Gasteiger partial charge in [-0.1, -0.05) is 17.7 Å². The van der Waals surface area contributed by atoms with Crippen molar-refractivity contribution in [2.45, 2.75) is 25.8 Å². The minimum atomic E-state index is -0.457. The van der Waals surface area contributed by atoms with Gasteiger partial charge in [-0.05, 0) is 55.7 Å². The number of hydrogen-bond donors (Lipinski definition) is 1. The van der Waals surface area contributed by atoms with Gasteiger partial charge in [-0.2, -0.15) is 0 Å². The second-order valence-corrected chi connectivity index (χ2v) is 8.24. The van der Waals surface area contributed by atoms with Crippen LogP contribution in [-0.4, -0.2) is 40.2 Å². The van der Waals surface area contributed by atoms with Crippen LogP contribution < -0.4 is 10.9 Å². The molecule has 0 unspecified atom stereocenters. The Bertz CT molecular complexity index is 1020. The molecule has 1 saturated heterocycles. The van der Waals surface area contributed by atoms with Crippen molar-refractivity contribution in [3.05, 3.63) is 63.0 Å². The van der Waals surface area contributed by atoms with Crippen molar-refractivity contribution in [3.8, 4) is 0 Å². The zero-order valence-corrected chi connectivity index (χ0v) is 17.6. The molecule has 0 radical (unpaired) electrons. The van der Waals surface area contributed by atoms with E-state index in [2.05, 4.69) is 10.2 Å². The number of pyridine rings is 1. The van der Waals surface area contributed by atoms with Crippen LogP contribution in [-0.2, 0) is 11.3 Å². The van der Waals surface area contributed by atoms with Crippen molar-refractivity contribution in [3.63, 3.8) is 0 Å². The van der Waals surface area contributed by atoms with Crippen LogP contribution in [0.4, 0.5) is 5.69 Å². The average molecular weight is 432 g/mol. The summed E-state index contributed by atoms with van der Waals surface area (Å²) in [5.41, 5.74) is 2.15. The number of carbonyl (C=O) groups is 1. The van der Waals surface area contributed by atoms with Crippen LogP contribution in [0.2, 0.25) is 5.02 Å². The number of hydrogen-bond acceptors (Lipinski definition) is 4. The molecule has 2 bridgehead atoms. The van der Waals surface area contributed by atoms with Gasteiger partial charge in [0.1, 0.15) is 0 Å². The summed E-state index contributed by atoms with van der Waals surface area (Å²) in [4.78, 5) is 26.4. The number of likely N-dealkylation sites (tertiary alicyclic amines) is 1. The predicted molar refractivity (Wildman–Crippen MR) is 117 cm³/mol. The molecule has 2 aliphatic rings. The first-order chi connectivity index (χ1) is 14.0. The molecule has 29 heavy (non-hydrogen) atoms. The molecule has 152 valence electrons. The lowest BCUT2D eigenvalue weighted by Gasteiger charge is -2.43. The van der Waals surface area contributed by atoms with Gasteiger partial charge in [-0.25, -0.2) is 4.79 Å². The molecule has 8 heteroatoms. The predicted octanol–water partition coefficient (Wildman–Crippen LogP) is 3.49. The normalized spacial score (nSPS) is 20.0. The molecule has 1 N–H and O–H groups in total. The number of nitrogens with one attached hydrogen (secondary N) is 1. The summed E-state index contributed by atoms with van der Waals surface area (Å²) in [6, 6.07) is 10.6. The average Bonchev–Trinajstić information content (AvgIpc) is 2.70. The van der Waals surface area contributed by atoms with E-state index in [0.29, 0.717) is 27.3 Å². The highest BCUT2D eigenvalue weighted by Gasteiger charge is 2.35. The molecule has 2 aliphatic heterocycles. The fourth-order valence-corrected chi connectivity index (χ4v) is 4.69. The Morgan fingerprint density at radius 1 is 1.28 bits per heavy atom. The minimum Gasteiger partial charge on any atom is -0.462 e. The molecule has 4 rings (SSSR count). The van der Waals surface area contributed by atoms with Crippen molar-refractivity contribution < 1.29 is 9.53 Å². The van der Waals surface area contributed by atoms with E-state index in [1.807, 2.05) is 16.7 Å². The Balaban J connectivity index is 1.50. The number of nitrogens with zero attached hydrogens (tertiary/aromatic N) is 2. The molecular weight excluding hydrogens is 410 g/mol. The van der Waals surface area contributed by atoms with Crippen LogP contribution in [0, 0.1) is 5.92 Å². The van der Waals surface area contributed by atoms with Gasteiger partial charge in [0.05, 0.1) is 17.2 Å². The van der Waals surface area contributed by atoms with E-state index in [1.54, 1.807) is 31.2 Å². The zero-order valence-electron chi connectivity index (χ0n) is 16.1. The summed E-state index contributed by atoms with van der Waals surface area (Å²) in [6.07, 6.45) is 1.07. The second-order valence-electron chi connectivity index (χ2n) is 7.45. The molecular formula is C21H22ClN3O3S. The lowest BCUT2D eigenvalue weighted by Crippen LogP contribution is -2.50.